The first-order chi connectivity index (χ1) is 19.8. The fourth-order valence-corrected chi connectivity index (χ4v) is 3.51. The van der Waals surface area contributed by atoms with Crippen LogP contribution in [-0.4, -0.2) is 59.1 Å². The van der Waals surface area contributed by atoms with Crippen molar-refractivity contribution in [3.63, 3.8) is 0 Å². The van der Waals surface area contributed by atoms with Crippen molar-refractivity contribution in [1.29, 1.82) is 0 Å². The van der Waals surface area contributed by atoms with Crippen molar-refractivity contribution in [1.82, 2.24) is 14.8 Å². The monoisotopic (exact) mass is 424 g/mol. The van der Waals surface area contributed by atoms with E-state index in [2.05, 4.69) is 10.3 Å². The minimum absolute atomic E-state index is 0.0617. The van der Waals surface area contributed by atoms with Crippen molar-refractivity contribution in [3.05, 3.63) is 52.1 Å². The summed E-state index contributed by atoms with van der Waals surface area (Å²) in [5.41, 5.74) is 1.19. The van der Waals surface area contributed by atoms with Crippen LogP contribution in [0.15, 0.2) is 18.2 Å². The highest BCUT2D eigenvalue weighted by molar-refractivity contribution is 6.34. The lowest BCUT2D eigenvalue weighted by atomic mass is 10.0. The minimum atomic E-state index is -4.08. The number of nitrogens with one attached hydrogen (secondary N) is 2. The summed E-state index contributed by atoms with van der Waals surface area (Å²) in [6.45, 7) is -22.8. The van der Waals surface area contributed by atoms with Crippen LogP contribution < -0.4 is 5.32 Å². The number of H-pyrrole nitrogens is 1. The number of aromatic amines is 1. The van der Waals surface area contributed by atoms with Gasteiger partial charge in [-0.05, 0) is 49.8 Å². The average Bonchev–Trinajstić information content (AvgIpc) is 3.33. The van der Waals surface area contributed by atoms with E-state index in [9.17, 15) is 14.0 Å². The number of rotatable bonds is 6. The van der Waals surface area contributed by atoms with Gasteiger partial charge in [0.1, 0.15) is 5.82 Å². The molecule has 1 aromatic heterocycles. The Morgan fingerprint density at radius 3 is 2.90 bits per heavy atom. The number of nitrogens with zero attached hydrogens (tertiary/aromatic N) is 2. The molecule has 3 heterocycles. The van der Waals surface area contributed by atoms with E-state index in [0.29, 0.717) is 10.6 Å². The smallest absolute Gasteiger partial charge is 0.256 e. The van der Waals surface area contributed by atoms with Crippen molar-refractivity contribution < 1.29 is 33.2 Å². The van der Waals surface area contributed by atoms with Crippen molar-refractivity contribution in [3.8, 4) is 0 Å². The lowest BCUT2D eigenvalue weighted by molar-refractivity contribution is -0.110. The van der Waals surface area contributed by atoms with Crippen LogP contribution in [0.1, 0.15) is 65.8 Å². The van der Waals surface area contributed by atoms with Gasteiger partial charge in [-0.15, -0.1) is 0 Å². The summed E-state index contributed by atoms with van der Waals surface area (Å²) in [7, 11) is 0. The van der Waals surface area contributed by atoms with Gasteiger partial charge in [0.15, 0.2) is 0 Å². The van der Waals surface area contributed by atoms with Crippen LogP contribution in [0.4, 0.5) is 10.1 Å². The van der Waals surface area contributed by atoms with Crippen LogP contribution in [-0.2, 0) is 11.2 Å². The van der Waals surface area contributed by atoms with Gasteiger partial charge in [-0.1, -0.05) is 13.7 Å². The lowest BCUT2D eigenvalue weighted by Crippen LogP contribution is -2.42. The SMILES string of the molecule is [2H]C([2H])([2H])C([2H])([2H])N(C([2H])([2H])C([2H])([2H])[2H])C([2H])([2H])C([2H])([2H])N1CCc2[nH]c(/C=C3\C(=O)Nc4ccc(F)cc43)c(C)c2C1=O. The maximum atomic E-state index is 13.9. The number of fused-ring (bicyclic) bond motifs is 2. The highest BCUT2D eigenvalue weighted by atomic mass is 19.1. The number of carbonyl (C=O) groups is 2. The molecule has 1 aromatic carbocycles. The Morgan fingerprint density at radius 2 is 2.13 bits per heavy atom. The third-order valence-corrected chi connectivity index (χ3v) is 4.98. The predicted octanol–water partition coefficient (Wildman–Crippen LogP) is 3.30. The topological polar surface area (TPSA) is 68.4 Å². The highest BCUT2D eigenvalue weighted by Crippen LogP contribution is 2.35. The zero-order valence-corrected chi connectivity index (χ0v) is 15.8. The van der Waals surface area contributed by atoms with Gasteiger partial charge >= 0.3 is 0 Å². The van der Waals surface area contributed by atoms with Gasteiger partial charge < -0.3 is 20.1 Å². The second-order valence-electron chi connectivity index (χ2n) is 6.71. The second kappa shape index (κ2) is 8.07. The first kappa shape index (κ1) is 9.47. The number of halogens is 1. The molecule has 6 nitrogen and oxygen atoms in total. The quantitative estimate of drug-likeness (QED) is 0.699. The molecule has 0 saturated heterocycles. The molecule has 30 heavy (non-hydrogen) atoms. The van der Waals surface area contributed by atoms with E-state index in [1.54, 1.807) is 0 Å². The maximum Gasteiger partial charge on any atom is 0.256 e. The summed E-state index contributed by atoms with van der Waals surface area (Å²) < 4.78 is 126. The molecule has 0 radical (unpaired) electrons. The number of hydrogen-bond acceptors (Lipinski definition) is 3. The molecule has 2 aromatic rings. The number of hydrogen-bond donors (Lipinski definition) is 2. The van der Waals surface area contributed by atoms with Gasteiger partial charge in [-0.25, -0.2) is 4.39 Å². The third-order valence-electron chi connectivity index (χ3n) is 4.98. The second-order valence-corrected chi connectivity index (χ2v) is 6.71. The number of benzene rings is 1. The van der Waals surface area contributed by atoms with Crippen molar-refractivity contribution in [2.75, 3.05) is 37.8 Å². The predicted molar refractivity (Wildman–Crippen MR) is 116 cm³/mol. The standard InChI is InChI=1S/C23H27FN4O2/c1-4-27(5-2)10-11-28-9-8-19-21(23(28)30)14(3)20(25-19)13-17-16-12-15(24)6-7-18(16)26-22(17)29/h6-7,12-13,25H,4-5,8-11H2,1-3H3,(H,26,29)/b17-13-/i1D3,2D3,4D2,5D2,10D2,11D2. The van der Waals surface area contributed by atoms with Crippen LogP contribution in [0.3, 0.4) is 0 Å². The zero-order valence-electron chi connectivity index (χ0n) is 29.8. The van der Waals surface area contributed by atoms with Crippen LogP contribution in [0, 0.1) is 12.7 Å². The summed E-state index contributed by atoms with van der Waals surface area (Å²) in [5, 5.41) is 2.58. The summed E-state index contributed by atoms with van der Waals surface area (Å²) >= 11 is 0. The molecule has 0 aliphatic carbocycles. The summed E-state index contributed by atoms with van der Waals surface area (Å²) in [5.74, 6) is -2.30. The van der Waals surface area contributed by atoms with E-state index < -0.39 is 68.8 Å². The van der Waals surface area contributed by atoms with Crippen LogP contribution in [0.5, 0.6) is 0 Å². The molecule has 0 spiro atoms. The minimum Gasteiger partial charge on any atom is -0.358 e. The fraction of sp³-hybridized carbons (Fsp3) is 0.391. The molecule has 0 bridgehead atoms. The molecule has 2 N–H and O–H groups in total. The molecule has 0 atom stereocenters. The summed E-state index contributed by atoms with van der Waals surface area (Å²) in [6, 6.07) is 3.68. The molecule has 7 heteroatoms. The van der Waals surface area contributed by atoms with Crippen LogP contribution in [0.2, 0.25) is 0 Å². The van der Waals surface area contributed by atoms with E-state index in [0.717, 1.165) is 12.1 Å². The zero-order chi connectivity index (χ0) is 33.6. The van der Waals surface area contributed by atoms with Gasteiger partial charge in [0.25, 0.3) is 11.8 Å². The first-order valence-electron chi connectivity index (χ1n) is 16.0. The Hall–Kier alpha value is -2.93. The molecule has 0 unspecified atom stereocenters. The fourth-order valence-electron chi connectivity index (χ4n) is 3.51. The normalized spacial score (nSPS) is 26.6. The van der Waals surface area contributed by atoms with Crippen molar-refractivity contribution in [2.45, 2.75) is 27.0 Å². The first-order valence-corrected chi connectivity index (χ1v) is 8.95. The molecule has 2 aliphatic heterocycles. The van der Waals surface area contributed by atoms with E-state index in [1.807, 2.05) is 0 Å². The maximum absolute atomic E-state index is 13.9. The molecule has 2 aliphatic rings. The number of anilines is 1. The molecule has 0 saturated carbocycles. The Kier molecular flexibility index (Phi) is 2.55. The largest absolute Gasteiger partial charge is 0.358 e. The van der Waals surface area contributed by atoms with Crippen LogP contribution >= 0.6 is 0 Å². The summed E-state index contributed by atoms with van der Waals surface area (Å²) in [6.07, 6.45) is 1.22. The highest BCUT2D eigenvalue weighted by Gasteiger charge is 2.30. The van der Waals surface area contributed by atoms with Crippen molar-refractivity contribution >= 4 is 29.2 Å². The molecule has 158 valence electrons. The lowest BCUT2D eigenvalue weighted by Gasteiger charge is -2.29. The number of aromatic nitrogens is 1. The summed E-state index contributed by atoms with van der Waals surface area (Å²) in [4.78, 5) is 28.8. The van der Waals surface area contributed by atoms with E-state index in [-0.39, 0.29) is 40.1 Å². The number of carbonyl (C=O) groups excluding carboxylic acids is 2. The van der Waals surface area contributed by atoms with E-state index >= 15 is 0 Å². The Morgan fingerprint density at radius 1 is 1.33 bits per heavy atom. The Bertz CT molecular complexity index is 1530. The Labute approximate surface area is 195 Å². The number of likely N-dealkylation sites (N-methyl/N-ethyl adjacent to an activating group) is 1. The van der Waals surface area contributed by atoms with E-state index in [4.69, 9.17) is 19.2 Å². The van der Waals surface area contributed by atoms with Crippen LogP contribution in [0.25, 0.3) is 11.6 Å². The van der Waals surface area contributed by atoms with Gasteiger partial charge in [-0.2, -0.15) is 0 Å². The van der Waals surface area contributed by atoms with Gasteiger partial charge in [0.05, 0.1) is 13.9 Å². The molecule has 4 rings (SSSR count). The molecular formula is C23H27FN4O2. The molecule has 0 fully saturated rings. The third kappa shape index (κ3) is 3.54. The van der Waals surface area contributed by atoms with Gasteiger partial charge in [0.2, 0.25) is 0 Å². The number of amides is 2. The Balaban J connectivity index is 1.79. The average molecular weight is 425 g/mol. The van der Waals surface area contributed by atoms with E-state index in [1.165, 1.54) is 19.1 Å². The van der Waals surface area contributed by atoms with Gasteiger partial charge in [-0.3, -0.25) is 9.59 Å². The molecular weight excluding hydrogens is 383 g/mol. The van der Waals surface area contributed by atoms with Gasteiger partial charge in [0, 0.05) is 65.0 Å². The molecule has 2 amide bonds. The van der Waals surface area contributed by atoms with Crippen molar-refractivity contribution in [2.24, 2.45) is 0 Å².